The summed E-state index contributed by atoms with van der Waals surface area (Å²) < 4.78 is 11.7. The van der Waals surface area contributed by atoms with Gasteiger partial charge in [-0.25, -0.2) is 0 Å². The Kier molecular flexibility index (Phi) is 7.48. The third-order valence-corrected chi connectivity index (χ3v) is 7.33. The topological polar surface area (TPSA) is 101 Å². The molecule has 0 radical (unpaired) electrons. The maximum Gasteiger partial charge on any atom is 0.273 e. The lowest BCUT2D eigenvalue weighted by atomic mass is 9.95. The van der Waals surface area contributed by atoms with Gasteiger partial charge in [0.1, 0.15) is 17.1 Å². The number of carbonyl (C=O) groups is 1. The van der Waals surface area contributed by atoms with Crippen LogP contribution in [-0.2, 0) is 6.54 Å². The van der Waals surface area contributed by atoms with Gasteiger partial charge in [-0.15, -0.1) is 0 Å². The Morgan fingerprint density at radius 1 is 1.18 bits per heavy atom. The number of aromatic nitrogens is 3. The van der Waals surface area contributed by atoms with Crippen molar-refractivity contribution in [1.82, 2.24) is 20.1 Å². The average molecular weight is 547 g/mol. The van der Waals surface area contributed by atoms with Crippen molar-refractivity contribution < 1.29 is 19.4 Å². The summed E-state index contributed by atoms with van der Waals surface area (Å²) in [6.45, 7) is 7.02. The van der Waals surface area contributed by atoms with Crippen LogP contribution in [0, 0.1) is 12.8 Å². The van der Waals surface area contributed by atoms with Crippen molar-refractivity contribution >= 4 is 17.5 Å². The molecule has 8 nitrogen and oxygen atoms in total. The number of H-pyrrole nitrogens is 1. The average Bonchev–Trinajstić information content (AvgIpc) is 3.45. The van der Waals surface area contributed by atoms with Crippen molar-refractivity contribution in [3.63, 3.8) is 0 Å². The maximum absolute atomic E-state index is 13.8. The number of halogens is 1. The van der Waals surface area contributed by atoms with Gasteiger partial charge >= 0.3 is 0 Å². The van der Waals surface area contributed by atoms with Gasteiger partial charge in [-0.1, -0.05) is 37.6 Å². The minimum absolute atomic E-state index is 0.0367. The van der Waals surface area contributed by atoms with Crippen molar-refractivity contribution in [3.8, 4) is 28.5 Å². The normalized spacial score (nSPS) is 14.7. The molecule has 4 aromatic rings. The zero-order valence-corrected chi connectivity index (χ0v) is 23.1. The summed E-state index contributed by atoms with van der Waals surface area (Å²) in [7, 11) is 1.60. The SMILES string of the molecule is COc1cc(C2c3c(-c4cc(Cl)c(C)cc4O)n[nH]c3C(=O)N2Cc2cccnc2)ccc1OCCC(C)C. The van der Waals surface area contributed by atoms with E-state index in [4.69, 9.17) is 21.1 Å². The summed E-state index contributed by atoms with van der Waals surface area (Å²) in [5, 5.41) is 18.7. The maximum atomic E-state index is 13.8. The van der Waals surface area contributed by atoms with Crippen molar-refractivity contribution in [2.45, 2.75) is 39.8 Å². The smallest absolute Gasteiger partial charge is 0.273 e. The summed E-state index contributed by atoms with van der Waals surface area (Å²) >= 11 is 6.43. The Balaban J connectivity index is 1.62. The molecule has 0 saturated carbocycles. The molecule has 1 unspecified atom stereocenters. The number of carbonyl (C=O) groups excluding carboxylic acids is 1. The summed E-state index contributed by atoms with van der Waals surface area (Å²) in [5.74, 6) is 1.57. The summed E-state index contributed by atoms with van der Waals surface area (Å²) in [6, 6.07) is 12.3. The molecule has 1 aliphatic rings. The van der Waals surface area contributed by atoms with E-state index in [1.165, 1.54) is 0 Å². The van der Waals surface area contributed by atoms with Crippen LogP contribution in [0.15, 0.2) is 54.9 Å². The predicted octanol–water partition coefficient (Wildman–Crippen LogP) is 6.32. The number of pyridine rings is 1. The Hall–Kier alpha value is -4.04. The number of phenols is 1. The molecule has 0 aliphatic carbocycles. The minimum Gasteiger partial charge on any atom is -0.507 e. The van der Waals surface area contributed by atoms with Gasteiger partial charge < -0.3 is 19.5 Å². The molecule has 1 atom stereocenters. The van der Waals surface area contributed by atoms with Gasteiger partial charge in [0.05, 0.1) is 19.8 Å². The van der Waals surface area contributed by atoms with E-state index in [9.17, 15) is 9.90 Å². The first-order valence-corrected chi connectivity index (χ1v) is 13.2. The molecule has 2 aromatic heterocycles. The molecule has 1 amide bonds. The van der Waals surface area contributed by atoms with Crippen LogP contribution in [0.1, 0.15) is 59.1 Å². The minimum atomic E-state index is -0.514. The van der Waals surface area contributed by atoms with Crippen LogP contribution in [0.25, 0.3) is 11.3 Å². The Labute approximate surface area is 232 Å². The van der Waals surface area contributed by atoms with Crippen LogP contribution in [-0.4, -0.2) is 44.8 Å². The molecular weight excluding hydrogens is 516 g/mol. The van der Waals surface area contributed by atoms with Crippen LogP contribution >= 0.6 is 11.6 Å². The lowest BCUT2D eigenvalue weighted by molar-refractivity contribution is 0.0729. The molecule has 0 saturated heterocycles. The second-order valence-corrected chi connectivity index (χ2v) is 10.5. The van der Waals surface area contributed by atoms with Gasteiger partial charge in [0.15, 0.2) is 11.5 Å². The Morgan fingerprint density at radius 3 is 2.72 bits per heavy atom. The quantitative estimate of drug-likeness (QED) is 0.255. The molecule has 39 heavy (non-hydrogen) atoms. The molecule has 0 spiro atoms. The standard InChI is InChI=1S/C30H31ClN4O4/c1-17(2)9-11-39-24-8-7-20(13-25(24)38-4)29-26-27(21-14-22(31)18(3)12-23(21)36)33-34-28(26)30(37)35(29)16-19-6-5-10-32-15-19/h5-8,10,12-15,17,29,36H,9,11,16H2,1-4H3,(H,33,34). The van der Waals surface area contributed by atoms with Crippen molar-refractivity contribution in [2.24, 2.45) is 5.92 Å². The number of hydrogen-bond acceptors (Lipinski definition) is 6. The highest BCUT2D eigenvalue weighted by Crippen LogP contribution is 2.47. The lowest BCUT2D eigenvalue weighted by Crippen LogP contribution is -2.29. The second-order valence-electron chi connectivity index (χ2n) is 10.1. The molecule has 0 bridgehead atoms. The second kappa shape index (κ2) is 11.0. The summed E-state index contributed by atoms with van der Waals surface area (Å²) in [6.07, 6.45) is 4.36. The first-order chi connectivity index (χ1) is 18.8. The van der Waals surface area contributed by atoms with Crippen LogP contribution < -0.4 is 9.47 Å². The van der Waals surface area contributed by atoms with Crippen molar-refractivity contribution in [2.75, 3.05) is 13.7 Å². The molecule has 2 N–H and O–H groups in total. The molecule has 3 heterocycles. The lowest BCUT2D eigenvalue weighted by Gasteiger charge is -2.27. The highest BCUT2D eigenvalue weighted by Gasteiger charge is 2.43. The van der Waals surface area contributed by atoms with Crippen LogP contribution in [0.2, 0.25) is 5.02 Å². The van der Waals surface area contributed by atoms with Crippen LogP contribution in [0.3, 0.4) is 0 Å². The molecule has 5 rings (SSSR count). The van der Waals surface area contributed by atoms with Crippen molar-refractivity contribution in [1.29, 1.82) is 0 Å². The number of methoxy groups -OCH3 is 1. The molecular formula is C30H31ClN4O4. The number of nitrogens with zero attached hydrogens (tertiary/aromatic N) is 3. The molecule has 1 aliphatic heterocycles. The number of ether oxygens (including phenoxy) is 2. The number of rotatable bonds is 9. The Morgan fingerprint density at radius 2 is 2.00 bits per heavy atom. The van der Waals surface area contributed by atoms with Gasteiger partial charge in [0.25, 0.3) is 5.91 Å². The van der Waals surface area contributed by atoms with E-state index in [1.807, 2.05) is 37.3 Å². The van der Waals surface area contributed by atoms with E-state index in [-0.39, 0.29) is 11.7 Å². The van der Waals surface area contributed by atoms with E-state index >= 15 is 0 Å². The van der Waals surface area contributed by atoms with Gasteiger partial charge in [-0.05, 0) is 66.3 Å². The molecule has 202 valence electrons. The van der Waals surface area contributed by atoms with E-state index in [1.54, 1.807) is 36.5 Å². The molecule has 0 fully saturated rings. The van der Waals surface area contributed by atoms with E-state index in [2.05, 4.69) is 29.0 Å². The van der Waals surface area contributed by atoms with E-state index in [0.717, 1.165) is 23.1 Å². The van der Waals surface area contributed by atoms with Gasteiger partial charge in [-0.3, -0.25) is 14.9 Å². The van der Waals surface area contributed by atoms with E-state index in [0.29, 0.717) is 58.1 Å². The Bertz CT molecular complexity index is 1500. The van der Waals surface area contributed by atoms with Crippen LogP contribution in [0.4, 0.5) is 0 Å². The zero-order chi connectivity index (χ0) is 27.7. The van der Waals surface area contributed by atoms with Crippen molar-refractivity contribution in [3.05, 3.63) is 87.8 Å². The highest BCUT2D eigenvalue weighted by molar-refractivity contribution is 6.31. The number of phenolic OH excluding ortho intramolecular Hbond substituents is 1. The van der Waals surface area contributed by atoms with Gasteiger partial charge in [-0.2, -0.15) is 5.10 Å². The summed E-state index contributed by atoms with van der Waals surface area (Å²) in [4.78, 5) is 19.7. The zero-order valence-electron chi connectivity index (χ0n) is 22.4. The molecule has 9 heteroatoms. The molecule has 2 aromatic carbocycles. The summed E-state index contributed by atoms with van der Waals surface area (Å²) in [5.41, 5.74) is 4.39. The first kappa shape index (κ1) is 26.6. The number of amides is 1. The number of hydrogen-bond donors (Lipinski definition) is 2. The first-order valence-electron chi connectivity index (χ1n) is 12.9. The number of aryl methyl sites for hydroxylation is 1. The third kappa shape index (κ3) is 5.16. The van der Waals surface area contributed by atoms with Gasteiger partial charge in [0, 0.05) is 35.1 Å². The number of aromatic hydroxyl groups is 1. The monoisotopic (exact) mass is 546 g/mol. The number of nitrogens with one attached hydrogen (secondary N) is 1. The fraction of sp³-hybridized carbons (Fsp3) is 0.300. The third-order valence-electron chi connectivity index (χ3n) is 6.93. The highest BCUT2D eigenvalue weighted by atomic mass is 35.5. The predicted molar refractivity (Wildman–Crippen MR) is 149 cm³/mol. The largest absolute Gasteiger partial charge is 0.507 e. The fourth-order valence-electron chi connectivity index (χ4n) is 4.83. The number of aromatic amines is 1. The van der Waals surface area contributed by atoms with Gasteiger partial charge in [0.2, 0.25) is 0 Å². The van der Waals surface area contributed by atoms with E-state index < -0.39 is 6.04 Å². The number of benzene rings is 2. The fourth-order valence-corrected chi connectivity index (χ4v) is 5.00. The van der Waals surface area contributed by atoms with Crippen LogP contribution in [0.5, 0.6) is 17.2 Å². The number of fused-ring (bicyclic) bond motifs is 1.